The molecule has 0 amide bonds. The number of nitrogen functional groups attached to an aromatic ring is 1. The summed E-state index contributed by atoms with van der Waals surface area (Å²) in [6.45, 7) is 2.23. The summed E-state index contributed by atoms with van der Waals surface area (Å²) in [5.74, 6) is 1.16. The van der Waals surface area contributed by atoms with Crippen molar-refractivity contribution in [1.29, 1.82) is 0 Å². The highest BCUT2D eigenvalue weighted by atomic mass is 32.2. The van der Waals surface area contributed by atoms with E-state index >= 15 is 0 Å². The van der Waals surface area contributed by atoms with Crippen LogP contribution >= 0.6 is 0 Å². The highest BCUT2D eigenvalue weighted by molar-refractivity contribution is 7.92. The summed E-state index contributed by atoms with van der Waals surface area (Å²) in [6, 6.07) is 9.30. The number of halogens is 3. The maximum Gasteiger partial charge on any atom is 0.501 e. The van der Waals surface area contributed by atoms with Crippen molar-refractivity contribution in [3.63, 3.8) is 0 Å². The van der Waals surface area contributed by atoms with Gasteiger partial charge < -0.3 is 20.7 Å². The van der Waals surface area contributed by atoms with Gasteiger partial charge in [0, 0.05) is 36.6 Å². The van der Waals surface area contributed by atoms with Gasteiger partial charge in [-0.05, 0) is 36.4 Å². The Morgan fingerprint density at radius 2 is 1.73 bits per heavy atom. The minimum Gasteiger partial charge on any atom is -0.384 e. The zero-order valence-electron chi connectivity index (χ0n) is 17.1. The van der Waals surface area contributed by atoms with Crippen LogP contribution in [0.5, 0.6) is 0 Å². The Balaban J connectivity index is 1.66. The third-order valence-electron chi connectivity index (χ3n) is 4.83. The molecular weight excluding hydrogens is 461 g/mol. The molecule has 3 N–H and O–H groups in total. The second-order valence-electron chi connectivity index (χ2n) is 7.11. The number of sulfone groups is 1. The van der Waals surface area contributed by atoms with E-state index < -0.39 is 20.2 Å². The van der Waals surface area contributed by atoms with Gasteiger partial charge in [0.15, 0.2) is 0 Å². The summed E-state index contributed by atoms with van der Waals surface area (Å²) >= 11 is 0. The zero-order chi connectivity index (χ0) is 23.6. The number of nitrogens with zero attached hydrogens (tertiary/aromatic N) is 4. The van der Waals surface area contributed by atoms with Crippen LogP contribution in [-0.4, -0.2) is 55.2 Å². The van der Waals surface area contributed by atoms with Crippen LogP contribution in [0.15, 0.2) is 53.6 Å². The molecule has 0 bridgehead atoms. The van der Waals surface area contributed by atoms with E-state index in [0.717, 1.165) is 12.1 Å². The maximum absolute atomic E-state index is 12.8. The summed E-state index contributed by atoms with van der Waals surface area (Å²) in [5.41, 5.74) is 1.89. The van der Waals surface area contributed by atoms with Crippen LogP contribution in [0.3, 0.4) is 0 Å². The number of rotatable bonds is 5. The molecule has 1 fully saturated rings. The van der Waals surface area contributed by atoms with Gasteiger partial charge in [-0.25, -0.2) is 18.4 Å². The number of alkyl halides is 3. The number of hydrogen-bond acceptors (Lipinski definition) is 9. The summed E-state index contributed by atoms with van der Waals surface area (Å²) < 4.78 is 66.8. The number of morpholine rings is 1. The predicted octanol–water partition coefficient (Wildman–Crippen LogP) is 2.99. The van der Waals surface area contributed by atoms with Crippen LogP contribution < -0.4 is 16.0 Å². The van der Waals surface area contributed by atoms with E-state index in [0.29, 0.717) is 60.8 Å². The maximum atomic E-state index is 12.8. The Morgan fingerprint density at radius 1 is 1.03 bits per heavy atom. The van der Waals surface area contributed by atoms with Gasteiger partial charge in [-0.15, -0.1) is 0 Å². The van der Waals surface area contributed by atoms with Crippen molar-refractivity contribution < 1.29 is 26.3 Å². The number of nitrogens with two attached hydrogens (primary N) is 1. The number of aromatic nitrogens is 3. The summed E-state index contributed by atoms with van der Waals surface area (Å²) in [4.78, 5) is 14.3. The molecule has 1 saturated heterocycles. The number of ether oxygens (including phenoxy) is 1. The quantitative estimate of drug-likeness (QED) is 0.567. The first-order valence-corrected chi connectivity index (χ1v) is 11.2. The van der Waals surface area contributed by atoms with Gasteiger partial charge in [0.2, 0.25) is 5.95 Å². The second kappa shape index (κ2) is 8.83. The third-order valence-corrected chi connectivity index (χ3v) is 6.33. The van der Waals surface area contributed by atoms with Crippen molar-refractivity contribution in [3.8, 4) is 11.3 Å². The molecule has 3 heterocycles. The van der Waals surface area contributed by atoms with E-state index in [-0.39, 0.29) is 0 Å². The van der Waals surface area contributed by atoms with Crippen LogP contribution in [-0.2, 0) is 14.6 Å². The highest BCUT2D eigenvalue weighted by Gasteiger charge is 2.46. The van der Waals surface area contributed by atoms with Gasteiger partial charge in [-0.3, -0.25) is 0 Å². The van der Waals surface area contributed by atoms with Crippen molar-refractivity contribution >= 4 is 33.1 Å². The zero-order valence-corrected chi connectivity index (χ0v) is 17.9. The Kier molecular flexibility index (Phi) is 6.08. The van der Waals surface area contributed by atoms with Crippen molar-refractivity contribution in [2.75, 3.05) is 42.3 Å². The van der Waals surface area contributed by atoms with Crippen LogP contribution in [0.25, 0.3) is 11.3 Å². The number of anilines is 4. The molecule has 1 aliphatic heterocycles. The van der Waals surface area contributed by atoms with E-state index in [4.69, 9.17) is 10.5 Å². The van der Waals surface area contributed by atoms with Crippen molar-refractivity contribution in [1.82, 2.24) is 15.0 Å². The van der Waals surface area contributed by atoms with Gasteiger partial charge in [0.1, 0.15) is 11.6 Å². The summed E-state index contributed by atoms with van der Waals surface area (Å²) in [6.07, 6.45) is 1.57. The van der Waals surface area contributed by atoms with Gasteiger partial charge in [0.05, 0.1) is 23.8 Å². The monoisotopic (exact) mass is 480 g/mol. The highest BCUT2D eigenvalue weighted by Crippen LogP contribution is 2.31. The van der Waals surface area contributed by atoms with Crippen LogP contribution in [0.4, 0.5) is 36.4 Å². The topological polar surface area (TPSA) is 123 Å². The molecule has 1 aromatic carbocycles. The number of nitrogens with one attached hydrogen (secondary N) is 1. The molecule has 0 radical (unpaired) electrons. The van der Waals surface area contributed by atoms with E-state index in [9.17, 15) is 21.6 Å². The molecule has 2 aromatic heterocycles. The second-order valence-corrected chi connectivity index (χ2v) is 9.05. The molecule has 0 unspecified atom stereocenters. The van der Waals surface area contributed by atoms with E-state index in [1.54, 1.807) is 24.4 Å². The molecule has 9 nitrogen and oxygen atoms in total. The van der Waals surface area contributed by atoms with E-state index in [1.807, 2.05) is 4.90 Å². The first-order valence-electron chi connectivity index (χ1n) is 9.75. The van der Waals surface area contributed by atoms with Gasteiger partial charge >= 0.3 is 5.51 Å². The molecule has 0 atom stereocenters. The fraction of sp³-hybridized carbons (Fsp3) is 0.250. The Morgan fingerprint density at radius 3 is 2.33 bits per heavy atom. The third kappa shape index (κ3) is 4.98. The average Bonchev–Trinajstić information content (AvgIpc) is 2.79. The molecule has 0 spiro atoms. The largest absolute Gasteiger partial charge is 0.501 e. The normalized spacial score (nSPS) is 14.8. The molecule has 33 heavy (non-hydrogen) atoms. The molecular formula is C20H19F3N6O3S. The summed E-state index contributed by atoms with van der Waals surface area (Å²) in [5, 5.41) is 2.99. The molecule has 4 rings (SSSR count). The van der Waals surface area contributed by atoms with Crippen molar-refractivity contribution in [2.45, 2.75) is 10.4 Å². The molecule has 0 aliphatic carbocycles. The van der Waals surface area contributed by atoms with Crippen LogP contribution in [0, 0.1) is 0 Å². The SMILES string of the molecule is Nc1ccc(-c2cc(Nc3ccc(S(=O)(=O)C(F)(F)F)cc3)nc(N3CCOCC3)n2)cn1. The standard InChI is InChI=1S/C20H19F3N6O3S/c21-20(22,23)33(30,31)15-4-2-14(3-5-15)26-18-11-16(13-1-6-17(24)25-12-13)27-19(28-18)29-7-9-32-10-8-29/h1-6,11-12H,7-10H2,(H2,24,25)(H,26,27,28). The molecule has 13 heteroatoms. The summed E-state index contributed by atoms with van der Waals surface area (Å²) in [7, 11) is -5.42. The van der Waals surface area contributed by atoms with Crippen molar-refractivity contribution in [3.05, 3.63) is 48.7 Å². The van der Waals surface area contributed by atoms with E-state index in [2.05, 4.69) is 20.3 Å². The first kappa shape index (κ1) is 22.7. The lowest BCUT2D eigenvalue weighted by molar-refractivity contribution is -0.0436. The number of hydrogen-bond donors (Lipinski definition) is 2. The van der Waals surface area contributed by atoms with Gasteiger partial charge in [0.25, 0.3) is 9.84 Å². The lowest BCUT2D eigenvalue weighted by Crippen LogP contribution is -2.37. The van der Waals surface area contributed by atoms with Crippen LogP contribution in [0.1, 0.15) is 0 Å². The van der Waals surface area contributed by atoms with Crippen molar-refractivity contribution in [2.24, 2.45) is 0 Å². The first-order chi connectivity index (χ1) is 15.6. The Bertz CT molecular complexity index is 1230. The van der Waals surface area contributed by atoms with E-state index in [1.165, 1.54) is 12.1 Å². The molecule has 174 valence electrons. The Labute approximate surface area is 187 Å². The number of benzene rings is 1. The Hall–Kier alpha value is -3.45. The average molecular weight is 480 g/mol. The smallest absolute Gasteiger partial charge is 0.384 e. The lowest BCUT2D eigenvalue weighted by atomic mass is 10.2. The van der Waals surface area contributed by atoms with Gasteiger partial charge in [-0.1, -0.05) is 0 Å². The fourth-order valence-corrected chi connectivity index (χ4v) is 3.87. The van der Waals surface area contributed by atoms with Crippen LogP contribution in [0.2, 0.25) is 0 Å². The fourth-order valence-electron chi connectivity index (χ4n) is 3.11. The predicted molar refractivity (Wildman–Crippen MR) is 116 cm³/mol. The molecule has 3 aromatic rings. The molecule has 0 saturated carbocycles. The lowest BCUT2D eigenvalue weighted by Gasteiger charge is -2.27. The minimum atomic E-state index is -5.42. The number of pyridine rings is 1. The van der Waals surface area contributed by atoms with Gasteiger partial charge in [-0.2, -0.15) is 18.2 Å². The minimum absolute atomic E-state index is 0.351. The molecule has 1 aliphatic rings.